The van der Waals surface area contributed by atoms with E-state index in [-0.39, 0.29) is 12.0 Å². The van der Waals surface area contributed by atoms with Gasteiger partial charge in [-0.3, -0.25) is 0 Å². The van der Waals surface area contributed by atoms with Crippen molar-refractivity contribution < 1.29 is 9.90 Å². The third kappa shape index (κ3) is 1.67. The number of carboxylic acid groups (broad SMARTS) is 1. The Labute approximate surface area is 71.4 Å². The van der Waals surface area contributed by atoms with Crippen LogP contribution in [-0.2, 0) is 0 Å². The molecule has 0 saturated carbocycles. The van der Waals surface area contributed by atoms with Crippen molar-refractivity contribution in [1.29, 1.82) is 5.26 Å². The van der Waals surface area contributed by atoms with Gasteiger partial charge in [0.1, 0.15) is 0 Å². The lowest BCUT2D eigenvalue weighted by Gasteiger charge is -2.16. The second-order valence-electron chi connectivity index (χ2n) is 3.25. The molecule has 4 heteroatoms. The molecule has 4 nitrogen and oxygen atoms in total. The molecule has 2 atom stereocenters. The van der Waals surface area contributed by atoms with E-state index in [1.54, 1.807) is 0 Å². The number of amides is 1. The first-order valence-electron chi connectivity index (χ1n) is 4.01. The smallest absolute Gasteiger partial charge is 0.407 e. The van der Waals surface area contributed by atoms with Crippen LogP contribution < -0.4 is 0 Å². The van der Waals surface area contributed by atoms with Crippen molar-refractivity contribution in [3.63, 3.8) is 0 Å². The van der Waals surface area contributed by atoms with Crippen LogP contribution in [0.2, 0.25) is 0 Å². The number of nitrogens with zero attached hydrogens (tertiary/aromatic N) is 2. The fourth-order valence-corrected chi connectivity index (χ4v) is 1.69. The summed E-state index contributed by atoms with van der Waals surface area (Å²) in [5.41, 5.74) is 0. The van der Waals surface area contributed by atoms with Crippen LogP contribution in [0, 0.1) is 17.2 Å². The zero-order valence-electron chi connectivity index (χ0n) is 7.03. The van der Waals surface area contributed by atoms with Crippen LogP contribution in [-0.4, -0.2) is 28.7 Å². The Hall–Kier alpha value is -1.24. The van der Waals surface area contributed by atoms with Gasteiger partial charge in [0.2, 0.25) is 0 Å². The van der Waals surface area contributed by atoms with E-state index < -0.39 is 6.09 Å². The highest BCUT2D eigenvalue weighted by atomic mass is 16.4. The molecule has 1 aliphatic heterocycles. The fourth-order valence-electron chi connectivity index (χ4n) is 1.69. The highest BCUT2D eigenvalue weighted by Gasteiger charge is 2.31. The molecular weight excluding hydrogens is 156 g/mol. The number of likely N-dealkylation sites (tertiary alicyclic amines) is 1. The molecule has 0 spiro atoms. The topological polar surface area (TPSA) is 64.3 Å². The van der Waals surface area contributed by atoms with Gasteiger partial charge in [-0.1, -0.05) is 0 Å². The van der Waals surface area contributed by atoms with E-state index in [2.05, 4.69) is 6.07 Å². The minimum absolute atomic E-state index is 0.0702. The molecule has 0 radical (unpaired) electrons. The molecule has 0 aromatic carbocycles. The Bertz CT molecular complexity index is 222. The van der Waals surface area contributed by atoms with E-state index in [1.807, 2.05) is 6.92 Å². The van der Waals surface area contributed by atoms with E-state index in [9.17, 15) is 4.79 Å². The molecule has 1 heterocycles. The van der Waals surface area contributed by atoms with Gasteiger partial charge in [-0.25, -0.2) is 4.79 Å². The summed E-state index contributed by atoms with van der Waals surface area (Å²) in [4.78, 5) is 12.0. The maximum atomic E-state index is 10.6. The average Bonchev–Trinajstić information content (AvgIpc) is 2.32. The van der Waals surface area contributed by atoms with E-state index in [1.165, 1.54) is 4.90 Å². The lowest BCUT2D eigenvalue weighted by atomic mass is 10.0. The second kappa shape index (κ2) is 3.44. The average molecular weight is 168 g/mol. The summed E-state index contributed by atoms with van der Waals surface area (Å²) >= 11 is 0. The van der Waals surface area contributed by atoms with E-state index in [0.29, 0.717) is 13.0 Å². The molecule has 1 amide bonds. The van der Waals surface area contributed by atoms with Crippen LogP contribution in [0.3, 0.4) is 0 Å². The predicted octanol–water partition coefficient (Wildman–Crippen LogP) is 1.29. The highest BCUT2D eigenvalue weighted by molar-refractivity contribution is 5.65. The van der Waals surface area contributed by atoms with Crippen LogP contribution in [0.4, 0.5) is 4.79 Å². The molecule has 0 aliphatic carbocycles. The molecule has 1 rings (SSSR count). The van der Waals surface area contributed by atoms with Gasteiger partial charge in [0.15, 0.2) is 0 Å². The summed E-state index contributed by atoms with van der Waals surface area (Å²) in [7, 11) is 0. The monoisotopic (exact) mass is 168 g/mol. The van der Waals surface area contributed by atoms with Crippen molar-refractivity contribution in [1.82, 2.24) is 4.90 Å². The van der Waals surface area contributed by atoms with Gasteiger partial charge in [-0.05, 0) is 19.3 Å². The standard InChI is InChI=1S/C8H12N2O2/c1-6-4-7(2-3-9)5-10(6)8(11)12/h6-7H,2,4-5H2,1H3,(H,11,12)/t6-,7?/m0/s1. The van der Waals surface area contributed by atoms with Gasteiger partial charge in [0.25, 0.3) is 0 Å². The summed E-state index contributed by atoms with van der Waals surface area (Å²) < 4.78 is 0. The Morgan fingerprint density at radius 1 is 1.83 bits per heavy atom. The van der Waals surface area contributed by atoms with Gasteiger partial charge >= 0.3 is 6.09 Å². The van der Waals surface area contributed by atoms with Crippen molar-refractivity contribution in [3.8, 4) is 6.07 Å². The highest BCUT2D eigenvalue weighted by Crippen LogP contribution is 2.24. The van der Waals surface area contributed by atoms with Gasteiger partial charge < -0.3 is 10.0 Å². The zero-order chi connectivity index (χ0) is 9.14. The Kier molecular flexibility index (Phi) is 2.54. The largest absolute Gasteiger partial charge is 0.465 e. The van der Waals surface area contributed by atoms with Crippen LogP contribution in [0.1, 0.15) is 19.8 Å². The van der Waals surface area contributed by atoms with E-state index in [0.717, 1.165) is 6.42 Å². The molecule has 1 unspecified atom stereocenters. The van der Waals surface area contributed by atoms with E-state index in [4.69, 9.17) is 10.4 Å². The van der Waals surface area contributed by atoms with Gasteiger partial charge in [-0.15, -0.1) is 0 Å². The van der Waals surface area contributed by atoms with Crippen molar-refractivity contribution in [2.45, 2.75) is 25.8 Å². The summed E-state index contributed by atoms with van der Waals surface area (Å²) in [6.07, 6.45) is 0.413. The number of carbonyl (C=O) groups is 1. The zero-order valence-corrected chi connectivity index (χ0v) is 7.03. The minimum Gasteiger partial charge on any atom is -0.465 e. The summed E-state index contributed by atoms with van der Waals surface area (Å²) in [6, 6.07) is 2.14. The number of nitriles is 1. The molecule has 0 aromatic heterocycles. The lowest BCUT2D eigenvalue weighted by molar-refractivity contribution is 0.142. The third-order valence-corrected chi connectivity index (χ3v) is 2.29. The fraction of sp³-hybridized carbons (Fsp3) is 0.750. The minimum atomic E-state index is -0.872. The van der Waals surface area contributed by atoms with Crippen LogP contribution >= 0.6 is 0 Å². The molecular formula is C8H12N2O2. The summed E-state index contributed by atoms with van der Waals surface area (Å²) in [5.74, 6) is 0.237. The quantitative estimate of drug-likeness (QED) is 0.641. The van der Waals surface area contributed by atoms with Crippen LogP contribution in [0.5, 0.6) is 0 Å². The Balaban J connectivity index is 2.51. The van der Waals surface area contributed by atoms with Crippen molar-refractivity contribution >= 4 is 6.09 Å². The lowest BCUT2D eigenvalue weighted by Crippen LogP contribution is -2.32. The number of hydrogen-bond donors (Lipinski definition) is 1. The number of rotatable bonds is 1. The van der Waals surface area contributed by atoms with Crippen LogP contribution in [0.15, 0.2) is 0 Å². The molecule has 1 saturated heterocycles. The maximum Gasteiger partial charge on any atom is 0.407 e. The molecule has 1 aliphatic rings. The molecule has 0 aromatic rings. The normalized spacial score (nSPS) is 28.5. The molecule has 1 fully saturated rings. The van der Waals surface area contributed by atoms with E-state index >= 15 is 0 Å². The van der Waals surface area contributed by atoms with Crippen LogP contribution in [0.25, 0.3) is 0 Å². The summed E-state index contributed by atoms with van der Waals surface area (Å²) in [5, 5.41) is 17.1. The van der Waals surface area contributed by atoms with Gasteiger partial charge in [0, 0.05) is 19.0 Å². The van der Waals surface area contributed by atoms with Gasteiger partial charge in [-0.2, -0.15) is 5.26 Å². The predicted molar refractivity (Wildman–Crippen MR) is 42.5 cm³/mol. The van der Waals surface area contributed by atoms with Crippen molar-refractivity contribution in [3.05, 3.63) is 0 Å². The first-order valence-corrected chi connectivity index (χ1v) is 4.01. The molecule has 1 N–H and O–H groups in total. The van der Waals surface area contributed by atoms with Crippen molar-refractivity contribution in [2.75, 3.05) is 6.54 Å². The first-order chi connectivity index (χ1) is 5.65. The number of hydrogen-bond acceptors (Lipinski definition) is 2. The molecule has 0 bridgehead atoms. The molecule has 12 heavy (non-hydrogen) atoms. The second-order valence-corrected chi connectivity index (χ2v) is 3.25. The van der Waals surface area contributed by atoms with Gasteiger partial charge in [0.05, 0.1) is 6.07 Å². The Morgan fingerprint density at radius 2 is 2.50 bits per heavy atom. The molecule has 66 valence electrons. The first kappa shape index (κ1) is 8.85. The van der Waals surface area contributed by atoms with Crippen molar-refractivity contribution in [2.24, 2.45) is 5.92 Å². The SMILES string of the molecule is C[C@H]1CC(CC#N)CN1C(=O)O. The maximum absolute atomic E-state index is 10.6. The Morgan fingerprint density at radius 3 is 2.92 bits per heavy atom. The summed E-state index contributed by atoms with van der Waals surface area (Å²) in [6.45, 7) is 2.40. The third-order valence-electron chi connectivity index (χ3n) is 2.29.